The standard InChI is InChI=1S/C6HCl4F3N2O/c7-4-14-1-2(5(11,12)13)3(15-4)16-6(8,9)10/h1H. The van der Waals surface area contributed by atoms with E-state index in [0.29, 0.717) is 6.20 Å². The molecule has 0 radical (unpaired) electrons. The zero-order valence-electron chi connectivity index (χ0n) is 7.03. The van der Waals surface area contributed by atoms with Crippen molar-refractivity contribution in [1.29, 1.82) is 0 Å². The van der Waals surface area contributed by atoms with Gasteiger partial charge >= 0.3 is 10.2 Å². The Balaban J connectivity index is 3.19. The summed E-state index contributed by atoms with van der Waals surface area (Å²) in [6, 6.07) is 0. The molecule has 0 spiro atoms. The van der Waals surface area contributed by atoms with Crippen LogP contribution in [0.1, 0.15) is 5.56 Å². The third-order valence-corrected chi connectivity index (χ3v) is 1.66. The first-order valence-electron chi connectivity index (χ1n) is 3.45. The highest BCUT2D eigenvalue weighted by Crippen LogP contribution is 2.38. The number of alkyl halides is 6. The molecule has 1 heterocycles. The molecular weight excluding hydrogens is 315 g/mol. The van der Waals surface area contributed by atoms with Crippen molar-refractivity contribution in [2.24, 2.45) is 0 Å². The van der Waals surface area contributed by atoms with Crippen molar-refractivity contribution in [2.75, 3.05) is 0 Å². The van der Waals surface area contributed by atoms with Gasteiger partial charge in [0.15, 0.2) is 0 Å². The summed E-state index contributed by atoms with van der Waals surface area (Å²) < 4.78 is 39.3. The van der Waals surface area contributed by atoms with E-state index < -0.39 is 26.9 Å². The van der Waals surface area contributed by atoms with Crippen molar-refractivity contribution in [3.63, 3.8) is 0 Å². The van der Waals surface area contributed by atoms with Crippen molar-refractivity contribution in [1.82, 2.24) is 9.97 Å². The summed E-state index contributed by atoms with van der Waals surface area (Å²) in [6.07, 6.45) is -4.31. The Kier molecular flexibility index (Phi) is 3.99. The van der Waals surface area contributed by atoms with Crippen LogP contribution < -0.4 is 4.74 Å². The van der Waals surface area contributed by atoms with E-state index in [2.05, 4.69) is 14.7 Å². The molecule has 90 valence electrons. The quantitative estimate of drug-likeness (QED) is 0.583. The molecule has 0 aliphatic carbocycles. The number of hydrogen-bond acceptors (Lipinski definition) is 3. The smallest absolute Gasteiger partial charge is 0.423 e. The maximum absolute atomic E-state index is 12.4. The number of hydrogen-bond donors (Lipinski definition) is 0. The van der Waals surface area contributed by atoms with Crippen LogP contribution in [-0.4, -0.2) is 13.9 Å². The molecule has 1 aromatic heterocycles. The van der Waals surface area contributed by atoms with Crippen LogP contribution in [0.25, 0.3) is 0 Å². The summed E-state index contributed by atoms with van der Waals surface area (Å²) in [7, 11) is 0. The number of aromatic nitrogens is 2. The monoisotopic (exact) mass is 314 g/mol. The van der Waals surface area contributed by atoms with Crippen LogP contribution in [-0.2, 0) is 6.18 Å². The lowest BCUT2D eigenvalue weighted by molar-refractivity contribution is -0.139. The number of ether oxygens (including phenoxy) is 1. The second kappa shape index (κ2) is 4.60. The predicted molar refractivity (Wildman–Crippen MR) is 53.0 cm³/mol. The van der Waals surface area contributed by atoms with E-state index in [1.165, 1.54) is 0 Å². The highest BCUT2D eigenvalue weighted by molar-refractivity contribution is 6.66. The van der Waals surface area contributed by atoms with Crippen LogP contribution in [0, 0.1) is 0 Å². The molecule has 0 N–H and O–H groups in total. The summed E-state index contributed by atoms with van der Waals surface area (Å²) in [4.78, 5) is 6.35. The summed E-state index contributed by atoms with van der Waals surface area (Å²) >= 11 is 20.8. The second-order valence-electron chi connectivity index (χ2n) is 2.40. The van der Waals surface area contributed by atoms with Crippen LogP contribution >= 0.6 is 46.4 Å². The Morgan fingerprint density at radius 1 is 1.19 bits per heavy atom. The molecule has 3 nitrogen and oxygen atoms in total. The van der Waals surface area contributed by atoms with E-state index in [9.17, 15) is 13.2 Å². The first-order chi connectivity index (χ1) is 7.09. The molecule has 0 atom stereocenters. The van der Waals surface area contributed by atoms with Crippen LogP contribution in [0.2, 0.25) is 5.28 Å². The van der Waals surface area contributed by atoms with Crippen molar-refractivity contribution in [3.05, 3.63) is 17.0 Å². The SMILES string of the molecule is FC(F)(F)c1cnc(Cl)nc1OC(Cl)(Cl)Cl. The predicted octanol–water partition coefficient (Wildman–Crippen LogP) is 3.86. The van der Waals surface area contributed by atoms with Gasteiger partial charge in [0.1, 0.15) is 5.56 Å². The molecule has 0 fully saturated rings. The molecule has 1 aromatic rings. The van der Waals surface area contributed by atoms with Crippen LogP contribution in [0.3, 0.4) is 0 Å². The largest absolute Gasteiger partial charge is 0.427 e. The number of halogens is 7. The molecule has 0 saturated carbocycles. The van der Waals surface area contributed by atoms with Crippen molar-refractivity contribution in [3.8, 4) is 5.88 Å². The summed E-state index contributed by atoms with van der Waals surface area (Å²) in [5.41, 5.74) is -1.29. The zero-order valence-corrected chi connectivity index (χ0v) is 10.0. The van der Waals surface area contributed by atoms with Gasteiger partial charge in [-0.2, -0.15) is 18.2 Å². The van der Waals surface area contributed by atoms with Crippen molar-refractivity contribution in [2.45, 2.75) is 10.2 Å². The van der Waals surface area contributed by atoms with Crippen molar-refractivity contribution < 1.29 is 17.9 Å². The average Bonchev–Trinajstić information content (AvgIpc) is 1.97. The number of nitrogens with zero attached hydrogens (tertiary/aromatic N) is 2. The average molecular weight is 316 g/mol. The van der Waals surface area contributed by atoms with E-state index in [1.54, 1.807) is 0 Å². The van der Waals surface area contributed by atoms with Crippen LogP contribution in [0.15, 0.2) is 6.20 Å². The first-order valence-corrected chi connectivity index (χ1v) is 4.96. The molecule has 1 rings (SSSR count). The van der Waals surface area contributed by atoms with E-state index in [1.807, 2.05) is 0 Å². The Labute approximate surface area is 107 Å². The van der Waals surface area contributed by atoms with E-state index in [-0.39, 0.29) is 0 Å². The maximum Gasteiger partial charge on any atom is 0.423 e. The fourth-order valence-corrected chi connectivity index (χ4v) is 1.07. The minimum absolute atomic E-state index is 0.432. The highest BCUT2D eigenvalue weighted by atomic mass is 35.6. The van der Waals surface area contributed by atoms with Crippen LogP contribution in [0.4, 0.5) is 13.2 Å². The first kappa shape index (κ1) is 13.9. The Bertz CT molecular complexity index is 392. The summed E-state index contributed by atoms with van der Waals surface area (Å²) in [5, 5.41) is -0.461. The van der Waals surface area contributed by atoms with E-state index >= 15 is 0 Å². The Hall–Kier alpha value is -0.170. The Morgan fingerprint density at radius 2 is 1.75 bits per heavy atom. The molecule has 0 saturated heterocycles. The van der Waals surface area contributed by atoms with E-state index in [0.717, 1.165) is 0 Å². The summed E-state index contributed by atoms with van der Waals surface area (Å²) in [5.74, 6) is -0.951. The van der Waals surface area contributed by atoms with Gasteiger partial charge < -0.3 is 4.74 Å². The van der Waals surface area contributed by atoms with Gasteiger partial charge in [0.25, 0.3) is 0 Å². The highest BCUT2D eigenvalue weighted by Gasteiger charge is 2.38. The summed E-state index contributed by atoms with van der Waals surface area (Å²) in [6.45, 7) is 0. The van der Waals surface area contributed by atoms with Gasteiger partial charge in [-0.3, -0.25) is 0 Å². The van der Waals surface area contributed by atoms with Gasteiger partial charge in [0.05, 0.1) is 0 Å². The lowest BCUT2D eigenvalue weighted by atomic mass is 10.3. The van der Waals surface area contributed by atoms with Gasteiger partial charge in [0.2, 0.25) is 11.2 Å². The van der Waals surface area contributed by atoms with Crippen molar-refractivity contribution >= 4 is 46.4 Å². The molecule has 0 aliphatic rings. The lowest BCUT2D eigenvalue weighted by Crippen LogP contribution is -2.18. The molecule has 0 unspecified atom stereocenters. The molecule has 16 heavy (non-hydrogen) atoms. The van der Waals surface area contributed by atoms with Crippen LogP contribution in [0.5, 0.6) is 5.88 Å². The molecule has 0 aromatic carbocycles. The fourth-order valence-electron chi connectivity index (χ4n) is 0.728. The molecular formula is C6HCl4F3N2O. The minimum Gasteiger partial charge on any atom is -0.427 e. The molecule has 0 aliphatic heterocycles. The number of rotatable bonds is 1. The zero-order chi connectivity index (χ0) is 12.6. The minimum atomic E-state index is -4.74. The molecule has 0 amide bonds. The Morgan fingerprint density at radius 3 is 2.19 bits per heavy atom. The molecule has 10 heteroatoms. The van der Waals surface area contributed by atoms with Gasteiger partial charge in [-0.25, -0.2) is 4.98 Å². The van der Waals surface area contributed by atoms with Gasteiger partial charge in [0, 0.05) is 6.20 Å². The third-order valence-electron chi connectivity index (χ3n) is 1.24. The maximum atomic E-state index is 12.4. The normalized spacial score (nSPS) is 12.7. The van der Waals surface area contributed by atoms with Gasteiger partial charge in [-0.15, -0.1) is 0 Å². The lowest BCUT2D eigenvalue weighted by Gasteiger charge is -2.16. The third kappa shape index (κ3) is 4.01. The fraction of sp³-hybridized carbons (Fsp3) is 0.333. The van der Waals surface area contributed by atoms with Gasteiger partial charge in [-0.1, -0.05) is 0 Å². The van der Waals surface area contributed by atoms with E-state index in [4.69, 9.17) is 46.4 Å². The second-order valence-corrected chi connectivity index (χ2v) is 4.92. The molecule has 0 bridgehead atoms. The topological polar surface area (TPSA) is 35.0 Å². The van der Waals surface area contributed by atoms with Gasteiger partial charge in [-0.05, 0) is 46.4 Å².